The average molecular weight is 331 g/mol. The first-order valence-corrected chi connectivity index (χ1v) is 6.99. The lowest BCUT2D eigenvalue weighted by Gasteiger charge is -2.13. The molecule has 1 aromatic rings. The summed E-state index contributed by atoms with van der Waals surface area (Å²) in [7, 11) is 1.61. The van der Waals surface area contributed by atoms with Crippen molar-refractivity contribution in [2.75, 3.05) is 25.6 Å². The number of carbonyl (C=O) groups is 1. The van der Waals surface area contributed by atoms with Gasteiger partial charge in [-0.3, -0.25) is 4.79 Å². The van der Waals surface area contributed by atoms with Crippen molar-refractivity contribution >= 4 is 27.5 Å². The maximum Gasteiger partial charge on any atom is 0.238 e. The van der Waals surface area contributed by atoms with Crippen LogP contribution >= 0.6 is 15.9 Å². The van der Waals surface area contributed by atoms with Crippen LogP contribution in [0.3, 0.4) is 0 Å². The molecule has 1 rings (SSSR count). The van der Waals surface area contributed by atoms with Gasteiger partial charge in [0, 0.05) is 13.2 Å². The SMILES string of the molecule is COCCOc1ccc(NC(=O)C(Br)C(C)C)cn1. The molecule has 5 nitrogen and oxygen atoms in total. The zero-order valence-corrected chi connectivity index (χ0v) is 12.9. The molecule has 0 bridgehead atoms. The summed E-state index contributed by atoms with van der Waals surface area (Å²) < 4.78 is 10.2. The molecule has 0 aromatic carbocycles. The van der Waals surface area contributed by atoms with Gasteiger partial charge in [-0.05, 0) is 12.0 Å². The van der Waals surface area contributed by atoms with E-state index in [1.165, 1.54) is 0 Å². The Hall–Kier alpha value is -1.14. The van der Waals surface area contributed by atoms with Crippen LogP contribution in [0, 0.1) is 5.92 Å². The molecule has 0 aliphatic rings. The van der Waals surface area contributed by atoms with E-state index in [1.807, 2.05) is 13.8 Å². The van der Waals surface area contributed by atoms with Crippen molar-refractivity contribution in [3.8, 4) is 5.88 Å². The highest BCUT2D eigenvalue weighted by Gasteiger charge is 2.18. The van der Waals surface area contributed by atoms with Crippen LogP contribution in [0.15, 0.2) is 18.3 Å². The first-order chi connectivity index (χ1) is 9.04. The van der Waals surface area contributed by atoms with E-state index in [0.29, 0.717) is 24.8 Å². The van der Waals surface area contributed by atoms with Crippen molar-refractivity contribution in [1.82, 2.24) is 4.98 Å². The molecule has 1 unspecified atom stereocenters. The van der Waals surface area contributed by atoms with Crippen LogP contribution in [0.4, 0.5) is 5.69 Å². The number of alkyl halides is 1. The van der Waals surface area contributed by atoms with Crippen molar-refractivity contribution in [2.45, 2.75) is 18.7 Å². The number of amides is 1. The van der Waals surface area contributed by atoms with Gasteiger partial charge in [0.2, 0.25) is 11.8 Å². The average Bonchev–Trinajstić information content (AvgIpc) is 2.40. The molecule has 0 spiro atoms. The summed E-state index contributed by atoms with van der Waals surface area (Å²) in [5.74, 6) is 0.656. The van der Waals surface area contributed by atoms with Gasteiger partial charge in [-0.1, -0.05) is 29.8 Å². The van der Waals surface area contributed by atoms with Gasteiger partial charge in [0.15, 0.2) is 0 Å². The van der Waals surface area contributed by atoms with Gasteiger partial charge < -0.3 is 14.8 Å². The monoisotopic (exact) mass is 330 g/mol. The predicted molar refractivity (Wildman–Crippen MR) is 77.8 cm³/mol. The lowest BCUT2D eigenvalue weighted by molar-refractivity contribution is -0.116. The summed E-state index contributed by atoms with van der Waals surface area (Å²) >= 11 is 3.35. The second kappa shape index (κ2) is 8.12. The van der Waals surface area contributed by atoms with Gasteiger partial charge in [-0.2, -0.15) is 0 Å². The minimum Gasteiger partial charge on any atom is -0.475 e. The molecule has 1 N–H and O–H groups in total. The molecule has 1 atom stereocenters. The molecule has 106 valence electrons. The van der Waals surface area contributed by atoms with E-state index in [0.717, 1.165) is 0 Å². The van der Waals surface area contributed by atoms with Crippen molar-refractivity contribution in [3.05, 3.63) is 18.3 Å². The van der Waals surface area contributed by atoms with Gasteiger partial charge in [-0.15, -0.1) is 0 Å². The molecule has 0 saturated heterocycles. The van der Waals surface area contributed by atoms with Gasteiger partial charge in [0.1, 0.15) is 6.61 Å². The highest BCUT2D eigenvalue weighted by molar-refractivity contribution is 9.10. The zero-order chi connectivity index (χ0) is 14.3. The fraction of sp³-hybridized carbons (Fsp3) is 0.538. The Morgan fingerprint density at radius 2 is 2.16 bits per heavy atom. The number of hydrogen-bond acceptors (Lipinski definition) is 4. The molecule has 0 radical (unpaired) electrons. The second-order valence-corrected chi connectivity index (χ2v) is 5.35. The van der Waals surface area contributed by atoms with Crippen LogP contribution in [0.25, 0.3) is 0 Å². The molecule has 19 heavy (non-hydrogen) atoms. The molecule has 0 aliphatic heterocycles. The standard InChI is InChI=1S/C13H19BrN2O3/c1-9(2)12(14)13(17)16-10-4-5-11(15-8-10)19-7-6-18-3/h4-5,8-9,12H,6-7H2,1-3H3,(H,16,17). The van der Waals surface area contributed by atoms with Crippen LogP contribution in [-0.2, 0) is 9.53 Å². The Bertz CT molecular complexity index is 395. The first kappa shape index (κ1) is 15.9. The number of pyridine rings is 1. The summed E-state index contributed by atoms with van der Waals surface area (Å²) in [5.41, 5.74) is 0.647. The molecular formula is C13H19BrN2O3. The fourth-order valence-electron chi connectivity index (χ4n) is 1.28. The molecule has 0 fully saturated rings. The molecular weight excluding hydrogens is 312 g/mol. The van der Waals surface area contributed by atoms with E-state index in [9.17, 15) is 4.79 Å². The minimum atomic E-state index is -0.217. The van der Waals surface area contributed by atoms with E-state index < -0.39 is 0 Å². The molecule has 1 aromatic heterocycles. The Balaban J connectivity index is 2.50. The van der Waals surface area contributed by atoms with Gasteiger partial charge in [-0.25, -0.2) is 4.98 Å². The summed E-state index contributed by atoms with van der Waals surface area (Å²) in [6.45, 7) is 4.92. The molecule has 0 aliphatic carbocycles. The van der Waals surface area contributed by atoms with Crippen molar-refractivity contribution in [2.24, 2.45) is 5.92 Å². The number of anilines is 1. The number of hydrogen-bond donors (Lipinski definition) is 1. The third kappa shape index (κ3) is 5.57. The predicted octanol–water partition coefficient (Wildman–Crippen LogP) is 2.46. The number of methoxy groups -OCH3 is 1. The number of nitrogens with zero attached hydrogens (tertiary/aromatic N) is 1. The van der Waals surface area contributed by atoms with Crippen LogP contribution in [0.1, 0.15) is 13.8 Å². The summed E-state index contributed by atoms with van der Waals surface area (Å²) in [4.78, 5) is 15.7. The maximum absolute atomic E-state index is 11.8. The highest BCUT2D eigenvalue weighted by Crippen LogP contribution is 2.16. The number of rotatable bonds is 7. The van der Waals surface area contributed by atoms with Gasteiger partial charge in [0.05, 0.1) is 23.3 Å². The van der Waals surface area contributed by atoms with Crippen molar-refractivity contribution in [3.63, 3.8) is 0 Å². The van der Waals surface area contributed by atoms with Crippen molar-refractivity contribution in [1.29, 1.82) is 0 Å². The summed E-state index contributed by atoms with van der Waals surface area (Å²) in [5, 5.41) is 2.79. The Morgan fingerprint density at radius 3 is 2.68 bits per heavy atom. The minimum absolute atomic E-state index is 0.0788. The van der Waals surface area contributed by atoms with E-state index in [-0.39, 0.29) is 16.7 Å². The number of ether oxygens (including phenoxy) is 2. The van der Waals surface area contributed by atoms with Crippen LogP contribution in [0.5, 0.6) is 5.88 Å². The van der Waals surface area contributed by atoms with Crippen LogP contribution in [0.2, 0.25) is 0 Å². The number of carbonyl (C=O) groups excluding carboxylic acids is 1. The third-order valence-electron chi connectivity index (χ3n) is 2.38. The Morgan fingerprint density at radius 1 is 1.42 bits per heavy atom. The van der Waals surface area contributed by atoms with E-state index in [1.54, 1.807) is 25.4 Å². The lowest BCUT2D eigenvalue weighted by atomic mass is 10.1. The normalized spacial score (nSPS) is 12.3. The smallest absolute Gasteiger partial charge is 0.238 e. The molecule has 1 heterocycles. The van der Waals surface area contributed by atoms with Gasteiger partial charge in [0.25, 0.3) is 0 Å². The maximum atomic E-state index is 11.8. The molecule has 0 saturated carbocycles. The van der Waals surface area contributed by atoms with E-state index >= 15 is 0 Å². The molecule has 1 amide bonds. The van der Waals surface area contributed by atoms with Gasteiger partial charge >= 0.3 is 0 Å². The second-order valence-electron chi connectivity index (χ2n) is 4.36. The number of nitrogens with one attached hydrogen (secondary N) is 1. The number of halogens is 1. The van der Waals surface area contributed by atoms with E-state index in [2.05, 4.69) is 26.2 Å². The topological polar surface area (TPSA) is 60.5 Å². The van der Waals surface area contributed by atoms with E-state index in [4.69, 9.17) is 9.47 Å². The first-order valence-electron chi connectivity index (χ1n) is 6.07. The Kier molecular flexibility index (Phi) is 6.80. The Labute approximate surface area is 121 Å². The largest absolute Gasteiger partial charge is 0.475 e. The van der Waals surface area contributed by atoms with Crippen LogP contribution in [-0.4, -0.2) is 36.0 Å². The highest BCUT2D eigenvalue weighted by atomic mass is 79.9. The lowest BCUT2D eigenvalue weighted by Crippen LogP contribution is -2.27. The summed E-state index contributed by atoms with van der Waals surface area (Å²) in [6, 6.07) is 3.47. The number of aromatic nitrogens is 1. The van der Waals surface area contributed by atoms with Crippen LogP contribution < -0.4 is 10.1 Å². The third-order valence-corrected chi connectivity index (χ3v) is 3.85. The quantitative estimate of drug-likeness (QED) is 0.616. The fourth-order valence-corrected chi connectivity index (χ4v) is 1.40. The summed E-state index contributed by atoms with van der Waals surface area (Å²) in [6.07, 6.45) is 1.57. The van der Waals surface area contributed by atoms with Crippen molar-refractivity contribution < 1.29 is 14.3 Å². The zero-order valence-electron chi connectivity index (χ0n) is 11.4. The molecule has 6 heteroatoms.